The number of aromatic amines is 1. The maximum absolute atomic E-state index is 13.1. The fourth-order valence-corrected chi connectivity index (χ4v) is 5.75. The Labute approximate surface area is 219 Å². The lowest BCUT2D eigenvalue weighted by atomic mass is 10.0. The molecule has 0 atom stereocenters. The van der Waals surface area contributed by atoms with E-state index < -0.39 is 0 Å². The largest absolute Gasteiger partial charge is 0.497 e. The minimum absolute atomic E-state index is 0.288. The lowest BCUT2D eigenvalue weighted by Gasteiger charge is -2.09. The van der Waals surface area contributed by atoms with Gasteiger partial charge in [0.25, 0.3) is 0 Å². The zero-order valence-corrected chi connectivity index (χ0v) is 21.9. The van der Waals surface area contributed by atoms with Crippen molar-refractivity contribution in [3.8, 4) is 49.9 Å². The zero-order chi connectivity index (χ0) is 25.9. The van der Waals surface area contributed by atoms with E-state index in [1.54, 1.807) is 39.6 Å². The summed E-state index contributed by atoms with van der Waals surface area (Å²) in [7, 11) is 4.94. The normalized spacial score (nSPS) is 10.9. The Morgan fingerprint density at radius 3 is 1.62 bits per heavy atom. The van der Waals surface area contributed by atoms with E-state index in [-0.39, 0.29) is 12.6 Å². The number of ether oxygens (including phenoxy) is 4. The van der Waals surface area contributed by atoms with Crippen LogP contribution in [0.5, 0.6) is 17.2 Å². The Hall–Kier alpha value is -4.23. The molecule has 0 amide bonds. The number of H-pyrrole nitrogens is 1. The molecular weight excluding hydrogens is 486 g/mol. The van der Waals surface area contributed by atoms with Crippen molar-refractivity contribution < 1.29 is 23.7 Å². The first-order chi connectivity index (χ1) is 18.1. The maximum Gasteiger partial charge on any atom is 0.355 e. The first-order valence-electron chi connectivity index (χ1n) is 11.9. The van der Waals surface area contributed by atoms with Crippen LogP contribution in [0.25, 0.3) is 42.9 Å². The number of methoxy groups -OCH3 is 3. The molecule has 0 aliphatic carbocycles. The second kappa shape index (κ2) is 10.4. The van der Waals surface area contributed by atoms with Crippen LogP contribution in [0.4, 0.5) is 0 Å². The average molecular weight is 514 g/mol. The smallest absolute Gasteiger partial charge is 0.355 e. The summed E-state index contributed by atoms with van der Waals surface area (Å²) < 4.78 is 22.5. The minimum Gasteiger partial charge on any atom is -0.497 e. The highest BCUT2D eigenvalue weighted by atomic mass is 32.1. The number of aromatic nitrogens is 1. The summed E-state index contributed by atoms with van der Waals surface area (Å²) in [6.07, 6.45) is 0. The van der Waals surface area contributed by atoms with Crippen LogP contribution in [0.2, 0.25) is 0 Å². The van der Waals surface area contributed by atoms with Gasteiger partial charge >= 0.3 is 5.97 Å². The molecule has 7 heteroatoms. The summed E-state index contributed by atoms with van der Waals surface area (Å²) in [6.45, 7) is 2.09. The fourth-order valence-electron chi connectivity index (χ4n) is 4.40. The average Bonchev–Trinajstić information content (AvgIpc) is 3.50. The Kier molecular flexibility index (Phi) is 6.88. The third-order valence-electron chi connectivity index (χ3n) is 6.22. The van der Waals surface area contributed by atoms with E-state index in [4.69, 9.17) is 18.9 Å². The number of fused-ring (bicyclic) bond motifs is 1. The van der Waals surface area contributed by atoms with Gasteiger partial charge in [-0.05, 0) is 72.1 Å². The molecule has 2 heterocycles. The van der Waals surface area contributed by atoms with Crippen LogP contribution in [0.1, 0.15) is 17.4 Å². The number of carbonyl (C=O) groups is 1. The van der Waals surface area contributed by atoms with Crippen molar-refractivity contribution >= 4 is 27.5 Å². The van der Waals surface area contributed by atoms with E-state index in [1.165, 1.54) is 0 Å². The van der Waals surface area contributed by atoms with Gasteiger partial charge < -0.3 is 23.9 Å². The first-order valence-corrected chi connectivity index (χ1v) is 12.7. The Balaban J connectivity index is 1.80. The van der Waals surface area contributed by atoms with Gasteiger partial charge in [-0.3, -0.25) is 0 Å². The third kappa shape index (κ3) is 4.54. The van der Waals surface area contributed by atoms with E-state index in [1.807, 2.05) is 60.7 Å². The SMILES string of the molecule is CCOC(=O)c1[nH]c2c(-c3ccc(OC)cc3)c(-c3ccc(OC)cc3)sc2c1-c1ccc(OC)cc1. The molecule has 1 N–H and O–H groups in total. The zero-order valence-electron chi connectivity index (χ0n) is 21.1. The standard InChI is InChI=1S/C30H27NO5S/c1-5-36-30(32)27-25(19-8-14-22(34-3)15-9-19)29-26(31-27)24(18-6-12-21(33-2)13-7-18)28(37-29)20-10-16-23(35-4)17-11-20/h6-17,31H,5H2,1-4H3. The number of thiophene rings is 1. The molecule has 0 fully saturated rings. The van der Waals surface area contributed by atoms with E-state index in [0.717, 1.165) is 60.2 Å². The van der Waals surface area contributed by atoms with Gasteiger partial charge in [0.2, 0.25) is 0 Å². The molecule has 37 heavy (non-hydrogen) atoms. The summed E-state index contributed by atoms with van der Waals surface area (Å²) in [6, 6.07) is 23.7. The van der Waals surface area contributed by atoms with Gasteiger partial charge in [0, 0.05) is 16.0 Å². The van der Waals surface area contributed by atoms with Gasteiger partial charge in [0.1, 0.15) is 22.9 Å². The van der Waals surface area contributed by atoms with Crippen LogP contribution in [-0.4, -0.2) is 38.9 Å². The van der Waals surface area contributed by atoms with Crippen molar-refractivity contribution in [1.29, 1.82) is 0 Å². The topological polar surface area (TPSA) is 69.8 Å². The van der Waals surface area contributed by atoms with Gasteiger partial charge in [0.15, 0.2) is 0 Å². The molecule has 0 saturated heterocycles. The molecule has 0 radical (unpaired) electrons. The summed E-state index contributed by atoms with van der Waals surface area (Å²) in [5.74, 6) is 1.93. The quantitative estimate of drug-likeness (QED) is 0.219. The Morgan fingerprint density at radius 2 is 1.16 bits per heavy atom. The van der Waals surface area contributed by atoms with E-state index in [0.29, 0.717) is 5.69 Å². The second-order valence-corrected chi connectivity index (χ2v) is 9.31. The highest BCUT2D eigenvalue weighted by Crippen LogP contribution is 2.49. The molecule has 0 unspecified atom stereocenters. The highest BCUT2D eigenvalue weighted by molar-refractivity contribution is 7.23. The molecule has 5 rings (SSSR count). The Bertz CT molecular complexity index is 1530. The van der Waals surface area contributed by atoms with Crippen LogP contribution in [0.15, 0.2) is 72.8 Å². The number of rotatable bonds is 8. The number of hydrogen-bond donors (Lipinski definition) is 1. The third-order valence-corrected chi connectivity index (χ3v) is 7.48. The summed E-state index contributed by atoms with van der Waals surface area (Å²) >= 11 is 1.64. The van der Waals surface area contributed by atoms with Crippen LogP contribution >= 0.6 is 11.3 Å². The minimum atomic E-state index is -0.386. The molecule has 0 spiro atoms. The van der Waals surface area contributed by atoms with Crippen LogP contribution in [0.3, 0.4) is 0 Å². The molecule has 0 saturated carbocycles. The van der Waals surface area contributed by atoms with Gasteiger partial charge in [-0.25, -0.2) is 4.79 Å². The van der Waals surface area contributed by atoms with Crippen LogP contribution in [0, 0.1) is 0 Å². The lowest BCUT2D eigenvalue weighted by Crippen LogP contribution is -2.06. The van der Waals surface area contributed by atoms with Crippen LogP contribution < -0.4 is 14.2 Å². The van der Waals surface area contributed by atoms with Gasteiger partial charge in [-0.15, -0.1) is 11.3 Å². The number of esters is 1. The highest BCUT2D eigenvalue weighted by Gasteiger charge is 2.27. The monoisotopic (exact) mass is 513 g/mol. The second-order valence-electron chi connectivity index (χ2n) is 8.29. The molecule has 0 aliphatic heterocycles. The molecular formula is C30H27NO5S. The van der Waals surface area contributed by atoms with E-state index in [2.05, 4.69) is 17.1 Å². The van der Waals surface area contributed by atoms with Crippen molar-refractivity contribution in [3.63, 3.8) is 0 Å². The number of nitrogens with one attached hydrogen (secondary N) is 1. The first kappa shape index (κ1) is 24.5. The van der Waals surface area contributed by atoms with Crippen molar-refractivity contribution in [2.75, 3.05) is 27.9 Å². The molecule has 3 aromatic carbocycles. The Morgan fingerprint density at radius 1 is 0.703 bits per heavy atom. The molecule has 6 nitrogen and oxygen atoms in total. The van der Waals surface area contributed by atoms with Crippen molar-refractivity contribution in [2.24, 2.45) is 0 Å². The van der Waals surface area contributed by atoms with Crippen molar-refractivity contribution in [2.45, 2.75) is 6.92 Å². The van der Waals surface area contributed by atoms with Gasteiger partial charge in [-0.2, -0.15) is 0 Å². The predicted molar refractivity (Wildman–Crippen MR) is 148 cm³/mol. The molecule has 0 aliphatic rings. The lowest BCUT2D eigenvalue weighted by molar-refractivity contribution is 0.0521. The van der Waals surface area contributed by atoms with E-state index >= 15 is 0 Å². The summed E-state index contributed by atoms with van der Waals surface area (Å²) in [5.41, 5.74) is 6.11. The molecule has 188 valence electrons. The molecule has 5 aromatic rings. The van der Waals surface area contributed by atoms with Crippen molar-refractivity contribution in [1.82, 2.24) is 4.98 Å². The molecule has 0 bridgehead atoms. The van der Waals surface area contributed by atoms with Crippen molar-refractivity contribution in [3.05, 3.63) is 78.5 Å². The summed E-state index contributed by atoms with van der Waals surface area (Å²) in [4.78, 5) is 17.6. The van der Waals surface area contributed by atoms with Gasteiger partial charge in [0.05, 0.1) is 38.2 Å². The maximum atomic E-state index is 13.1. The number of carbonyl (C=O) groups excluding carboxylic acids is 1. The van der Waals surface area contributed by atoms with E-state index in [9.17, 15) is 4.79 Å². The van der Waals surface area contributed by atoms with Gasteiger partial charge in [-0.1, -0.05) is 24.3 Å². The molecule has 2 aromatic heterocycles. The fraction of sp³-hybridized carbons (Fsp3) is 0.167. The van der Waals surface area contributed by atoms with Crippen LogP contribution in [-0.2, 0) is 4.74 Å². The summed E-state index contributed by atoms with van der Waals surface area (Å²) in [5, 5.41) is 0. The number of hydrogen-bond acceptors (Lipinski definition) is 6. The predicted octanol–water partition coefficient (Wildman–Crippen LogP) is 7.43. The number of benzene rings is 3.